The number of rotatable bonds is 3. The van der Waals surface area contributed by atoms with Gasteiger partial charge in [-0.25, -0.2) is 0 Å². The summed E-state index contributed by atoms with van der Waals surface area (Å²) in [4.78, 5) is 0. The first-order valence-electron chi connectivity index (χ1n) is 5.57. The molecule has 0 saturated heterocycles. The first-order chi connectivity index (χ1) is 8.69. The van der Waals surface area contributed by atoms with E-state index in [1.54, 1.807) is 18.2 Å². The zero-order valence-electron chi connectivity index (χ0n) is 9.98. The second-order valence-electron chi connectivity index (χ2n) is 4.03. The number of benzene rings is 2. The van der Waals surface area contributed by atoms with Crippen molar-refractivity contribution in [2.24, 2.45) is 0 Å². The van der Waals surface area contributed by atoms with Gasteiger partial charge in [0.05, 0.1) is 10.6 Å². The predicted octanol–water partition coefficient (Wildman–Crippen LogP) is 4.10. The van der Waals surface area contributed by atoms with Crippen molar-refractivity contribution >= 4 is 11.6 Å². The van der Waals surface area contributed by atoms with Gasteiger partial charge in [-0.05, 0) is 24.6 Å². The second-order valence-corrected chi connectivity index (χ2v) is 4.44. The van der Waals surface area contributed by atoms with Crippen LogP contribution in [-0.2, 0) is 6.61 Å². The van der Waals surface area contributed by atoms with Gasteiger partial charge >= 0.3 is 0 Å². The van der Waals surface area contributed by atoms with Gasteiger partial charge in [-0.2, -0.15) is 5.26 Å². The molecule has 0 N–H and O–H groups in total. The smallest absolute Gasteiger partial charge is 0.121 e. The van der Waals surface area contributed by atoms with Crippen LogP contribution in [0.4, 0.5) is 0 Å². The topological polar surface area (TPSA) is 33.0 Å². The van der Waals surface area contributed by atoms with Crippen LogP contribution < -0.4 is 4.74 Å². The number of nitrogens with zero attached hydrogens (tertiary/aromatic N) is 1. The van der Waals surface area contributed by atoms with Crippen LogP contribution in [0.1, 0.15) is 16.7 Å². The Labute approximate surface area is 111 Å². The first kappa shape index (κ1) is 12.5. The van der Waals surface area contributed by atoms with Crippen LogP contribution in [-0.4, -0.2) is 0 Å². The van der Waals surface area contributed by atoms with E-state index >= 15 is 0 Å². The Kier molecular flexibility index (Phi) is 3.86. The maximum Gasteiger partial charge on any atom is 0.121 e. The van der Waals surface area contributed by atoms with Crippen molar-refractivity contribution in [2.75, 3.05) is 0 Å². The Morgan fingerprint density at radius 3 is 2.72 bits per heavy atom. The largest absolute Gasteiger partial charge is 0.489 e. The molecular formula is C15H12ClNO. The summed E-state index contributed by atoms with van der Waals surface area (Å²) in [5.74, 6) is 0.667. The Morgan fingerprint density at radius 1 is 1.22 bits per heavy atom. The lowest BCUT2D eigenvalue weighted by atomic mass is 10.1. The van der Waals surface area contributed by atoms with Crippen molar-refractivity contribution in [2.45, 2.75) is 13.5 Å². The molecule has 2 aromatic carbocycles. The van der Waals surface area contributed by atoms with Crippen LogP contribution in [0.15, 0.2) is 42.5 Å². The molecule has 0 aliphatic rings. The van der Waals surface area contributed by atoms with Gasteiger partial charge in [0.1, 0.15) is 18.4 Å². The van der Waals surface area contributed by atoms with Gasteiger partial charge in [-0.1, -0.05) is 41.4 Å². The average Bonchev–Trinajstić information content (AvgIpc) is 2.37. The molecule has 90 valence electrons. The molecule has 3 heteroatoms. The number of ether oxygens (including phenoxy) is 1. The van der Waals surface area contributed by atoms with Crippen LogP contribution in [0.5, 0.6) is 5.75 Å². The molecule has 0 aliphatic carbocycles. The van der Waals surface area contributed by atoms with Crippen LogP contribution >= 0.6 is 11.6 Å². The van der Waals surface area contributed by atoms with Gasteiger partial charge in [-0.15, -0.1) is 0 Å². The summed E-state index contributed by atoms with van der Waals surface area (Å²) >= 11 is 5.93. The molecule has 0 aromatic heterocycles. The zero-order chi connectivity index (χ0) is 13.0. The highest BCUT2D eigenvalue weighted by Gasteiger charge is 2.02. The molecule has 0 radical (unpaired) electrons. The molecule has 2 aromatic rings. The lowest BCUT2D eigenvalue weighted by molar-refractivity contribution is 0.306. The fourth-order valence-corrected chi connectivity index (χ4v) is 1.86. The second kappa shape index (κ2) is 5.57. The van der Waals surface area contributed by atoms with Crippen LogP contribution in [0, 0.1) is 18.3 Å². The average molecular weight is 258 g/mol. The molecule has 0 saturated carbocycles. The van der Waals surface area contributed by atoms with Crippen LogP contribution in [0.3, 0.4) is 0 Å². The van der Waals surface area contributed by atoms with Crippen molar-refractivity contribution in [1.29, 1.82) is 5.26 Å². The number of nitriles is 1. The Morgan fingerprint density at radius 2 is 2.06 bits per heavy atom. The monoisotopic (exact) mass is 257 g/mol. The SMILES string of the molecule is Cc1cccc(COc2ccc(C#N)c(Cl)c2)c1. The van der Waals surface area contributed by atoms with E-state index in [0.29, 0.717) is 22.9 Å². The summed E-state index contributed by atoms with van der Waals surface area (Å²) in [5, 5.41) is 9.19. The summed E-state index contributed by atoms with van der Waals surface area (Å²) in [6.45, 7) is 2.53. The van der Waals surface area contributed by atoms with Gasteiger partial charge in [0.15, 0.2) is 0 Å². The van der Waals surface area contributed by atoms with Gasteiger partial charge in [0.25, 0.3) is 0 Å². The maximum atomic E-state index is 8.77. The van der Waals surface area contributed by atoms with E-state index in [1.165, 1.54) is 5.56 Å². The Balaban J connectivity index is 2.07. The highest BCUT2D eigenvalue weighted by Crippen LogP contribution is 2.22. The minimum Gasteiger partial charge on any atom is -0.489 e. The molecule has 0 unspecified atom stereocenters. The molecule has 0 spiro atoms. The minimum atomic E-state index is 0.416. The van der Waals surface area contributed by atoms with Crippen molar-refractivity contribution in [1.82, 2.24) is 0 Å². The quantitative estimate of drug-likeness (QED) is 0.829. The summed E-state index contributed by atoms with van der Waals surface area (Å²) in [6.07, 6.45) is 0. The third-order valence-electron chi connectivity index (χ3n) is 2.55. The number of halogens is 1. The summed E-state index contributed by atoms with van der Waals surface area (Å²) < 4.78 is 5.63. The molecule has 0 bridgehead atoms. The van der Waals surface area contributed by atoms with Gasteiger partial charge in [-0.3, -0.25) is 0 Å². The van der Waals surface area contributed by atoms with E-state index in [0.717, 1.165) is 5.56 Å². The van der Waals surface area contributed by atoms with Gasteiger partial charge in [0.2, 0.25) is 0 Å². The standard InChI is InChI=1S/C15H12ClNO/c1-11-3-2-4-12(7-11)10-18-14-6-5-13(9-17)15(16)8-14/h2-8H,10H2,1H3. The molecule has 0 heterocycles. The third-order valence-corrected chi connectivity index (χ3v) is 2.86. The fourth-order valence-electron chi connectivity index (χ4n) is 1.64. The molecule has 18 heavy (non-hydrogen) atoms. The van der Waals surface area contributed by atoms with Crippen LogP contribution in [0.2, 0.25) is 5.02 Å². The van der Waals surface area contributed by atoms with E-state index in [-0.39, 0.29) is 0 Å². The molecule has 0 atom stereocenters. The Hall–Kier alpha value is -1.98. The van der Waals surface area contributed by atoms with Gasteiger partial charge < -0.3 is 4.74 Å². The van der Waals surface area contributed by atoms with Crippen molar-refractivity contribution in [3.63, 3.8) is 0 Å². The third kappa shape index (κ3) is 3.03. The number of hydrogen-bond donors (Lipinski definition) is 0. The summed E-state index contributed by atoms with van der Waals surface area (Å²) in [7, 11) is 0. The maximum absolute atomic E-state index is 8.77. The molecule has 2 rings (SSSR count). The lowest BCUT2D eigenvalue weighted by Gasteiger charge is -2.07. The summed E-state index contributed by atoms with van der Waals surface area (Å²) in [6, 6.07) is 15.2. The van der Waals surface area contributed by atoms with Crippen molar-refractivity contribution in [3.05, 3.63) is 64.2 Å². The minimum absolute atomic E-state index is 0.416. The van der Waals surface area contributed by atoms with E-state index < -0.39 is 0 Å². The molecular weight excluding hydrogens is 246 g/mol. The van der Waals surface area contributed by atoms with E-state index in [2.05, 4.69) is 6.07 Å². The first-order valence-corrected chi connectivity index (χ1v) is 5.95. The zero-order valence-corrected chi connectivity index (χ0v) is 10.7. The molecule has 0 fully saturated rings. The highest BCUT2D eigenvalue weighted by molar-refractivity contribution is 6.31. The number of hydrogen-bond acceptors (Lipinski definition) is 2. The van der Waals surface area contributed by atoms with Crippen LogP contribution in [0.25, 0.3) is 0 Å². The van der Waals surface area contributed by atoms with Crippen molar-refractivity contribution < 1.29 is 4.74 Å². The highest BCUT2D eigenvalue weighted by atomic mass is 35.5. The predicted molar refractivity (Wildman–Crippen MR) is 71.7 cm³/mol. The van der Waals surface area contributed by atoms with Crippen molar-refractivity contribution in [3.8, 4) is 11.8 Å². The molecule has 2 nitrogen and oxygen atoms in total. The van der Waals surface area contributed by atoms with E-state index in [9.17, 15) is 0 Å². The lowest BCUT2D eigenvalue weighted by Crippen LogP contribution is -1.95. The molecule has 0 aliphatic heterocycles. The van der Waals surface area contributed by atoms with E-state index in [1.807, 2.05) is 31.2 Å². The number of aryl methyl sites for hydroxylation is 1. The normalized spacial score (nSPS) is 9.83. The fraction of sp³-hybridized carbons (Fsp3) is 0.133. The molecule has 0 amide bonds. The van der Waals surface area contributed by atoms with Gasteiger partial charge in [0, 0.05) is 6.07 Å². The Bertz CT molecular complexity index is 602. The summed E-state index contributed by atoms with van der Waals surface area (Å²) in [5.41, 5.74) is 2.77. The van der Waals surface area contributed by atoms with E-state index in [4.69, 9.17) is 21.6 Å².